The molecule has 2 N–H and O–H groups in total. The van der Waals surface area contributed by atoms with Gasteiger partial charge in [-0.15, -0.1) is 0 Å². The van der Waals surface area contributed by atoms with Crippen molar-refractivity contribution in [1.82, 2.24) is 15.5 Å². The zero-order valence-corrected chi connectivity index (χ0v) is 16.2. The highest BCUT2D eigenvalue weighted by atomic mass is 32.1. The molecule has 0 aliphatic carbocycles. The number of hydrogen-bond acceptors (Lipinski definition) is 6. The second-order valence-electron chi connectivity index (χ2n) is 6.65. The second-order valence-corrected chi connectivity index (χ2v) is 7.03. The number of piperazine rings is 1. The first-order chi connectivity index (χ1) is 13.5. The number of nitrogens with zero attached hydrogens (tertiary/aromatic N) is 1. The van der Waals surface area contributed by atoms with Crippen LogP contribution in [0.25, 0.3) is 0 Å². The lowest BCUT2D eigenvalue weighted by atomic mass is 10.1. The van der Waals surface area contributed by atoms with Crippen LogP contribution in [0.2, 0.25) is 0 Å². The summed E-state index contributed by atoms with van der Waals surface area (Å²) in [5, 5.41) is 5.46. The molecule has 1 aromatic carbocycles. The van der Waals surface area contributed by atoms with Crippen molar-refractivity contribution in [3.05, 3.63) is 35.9 Å². The molecule has 2 fully saturated rings. The van der Waals surface area contributed by atoms with E-state index in [-0.39, 0.29) is 36.1 Å². The highest BCUT2D eigenvalue weighted by molar-refractivity contribution is 7.80. The van der Waals surface area contributed by atoms with E-state index in [2.05, 4.69) is 10.6 Å². The van der Waals surface area contributed by atoms with Crippen molar-refractivity contribution in [2.24, 2.45) is 0 Å². The molecule has 2 amide bonds. The van der Waals surface area contributed by atoms with Gasteiger partial charge in [0, 0.05) is 25.3 Å². The van der Waals surface area contributed by atoms with Crippen molar-refractivity contribution in [2.75, 3.05) is 26.3 Å². The Morgan fingerprint density at radius 3 is 2.82 bits per heavy atom. The molecule has 0 radical (unpaired) electrons. The number of thiocarbonyl (C=S) groups is 1. The van der Waals surface area contributed by atoms with E-state index in [0.717, 1.165) is 12.8 Å². The van der Waals surface area contributed by atoms with E-state index in [1.807, 2.05) is 6.07 Å². The molecule has 2 saturated heterocycles. The Labute approximate surface area is 168 Å². The molecule has 0 saturated carbocycles. The van der Waals surface area contributed by atoms with Crippen LogP contribution in [-0.4, -0.2) is 66.2 Å². The molecule has 0 aromatic heterocycles. The van der Waals surface area contributed by atoms with E-state index in [0.29, 0.717) is 25.3 Å². The third-order valence-electron chi connectivity index (χ3n) is 4.66. The Balaban J connectivity index is 1.57. The highest BCUT2D eigenvalue weighted by Gasteiger charge is 2.34. The summed E-state index contributed by atoms with van der Waals surface area (Å²) in [6.07, 6.45) is 1.58. The maximum Gasteiger partial charge on any atom is 0.308 e. The summed E-state index contributed by atoms with van der Waals surface area (Å²) < 4.78 is 10.7. The molecule has 2 heterocycles. The SMILES string of the molecule is O=C(C[C@@H]1C(=O)NCCN1C(=S)NC(=O)c1ccccc1)OC[C@@H]1CCCO1. The predicted molar refractivity (Wildman–Crippen MR) is 105 cm³/mol. The monoisotopic (exact) mass is 405 g/mol. The number of ether oxygens (including phenoxy) is 2. The average Bonchev–Trinajstić information content (AvgIpc) is 3.22. The van der Waals surface area contributed by atoms with Crippen molar-refractivity contribution < 1.29 is 23.9 Å². The van der Waals surface area contributed by atoms with Crippen LogP contribution in [0.1, 0.15) is 29.6 Å². The van der Waals surface area contributed by atoms with Gasteiger partial charge >= 0.3 is 5.97 Å². The molecule has 2 aliphatic rings. The largest absolute Gasteiger partial charge is 0.463 e. The van der Waals surface area contributed by atoms with E-state index < -0.39 is 12.0 Å². The van der Waals surface area contributed by atoms with Gasteiger partial charge < -0.3 is 19.7 Å². The van der Waals surface area contributed by atoms with Crippen LogP contribution in [0, 0.1) is 0 Å². The Bertz CT molecular complexity index is 736. The first-order valence-electron chi connectivity index (χ1n) is 9.26. The van der Waals surface area contributed by atoms with Crippen LogP contribution in [0.5, 0.6) is 0 Å². The Kier molecular flexibility index (Phi) is 6.94. The maximum atomic E-state index is 12.3. The van der Waals surface area contributed by atoms with Crippen LogP contribution < -0.4 is 10.6 Å². The first kappa shape index (κ1) is 20.2. The minimum absolute atomic E-state index is 0.0773. The van der Waals surface area contributed by atoms with Gasteiger partial charge in [0.2, 0.25) is 5.91 Å². The highest BCUT2D eigenvalue weighted by Crippen LogP contribution is 2.14. The Morgan fingerprint density at radius 2 is 2.11 bits per heavy atom. The minimum atomic E-state index is -0.825. The summed E-state index contributed by atoms with van der Waals surface area (Å²) in [6, 6.07) is 7.82. The molecular formula is C19H23N3O5S. The first-order valence-corrected chi connectivity index (χ1v) is 9.67. The molecule has 150 valence electrons. The molecular weight excluding hydrogens is 382 g/mol. The average molecular weight is 405 g/mol. The smallest absolute Gasteiger partial charge is 0.308 e. The van der Waals surface area contributed by atoms with Crippen molar-refractivity contribution in [3.63, 3.8) is 0 Å². The number of carbonyl (C=O) groups excluding carboxylic acids is 3. The number of esters is 1. The molecule has 2 atom stereocenters. The summed E-state index contributed by atoms with van der Waals surface area (Å²) in [4.78, 5) is 38.4. The van der Waals surface area contributed by atoms with Crippen molar-refractivity contribution in [1.29, 1.82) is 0 Å². The number of benzene rings is 1. The Hall–Kier alpha value is -2.52. The fraction of sp³-hybridized carbons (Fsp3) is 0.474. The van der Waals surface area contributed by atoms with E-state index in [4.69, 9.17) is 21.7 Å². The summed E-state index contributed by atoms with van der Waals surface area (Å²) in [6.45, 7) is 1.63. The van der Waals surface area contributed by atoms with Gasteiger partial charge in [-0.3, -0.25) is 19.7 Å². The summed E-state index contributed by atoms with van der Waals surface area (Å²) >= 11 is 5.33. The van der Waals surface area contributed by atoms with Crippen molar-refractivity contribution >= 4 is 35.1 Å². The number of rotatable bonds is 5. The second kappa shape index (κ2) is 9.61. The maximum absolute atomic E-state index is 12.3. The lowest BCUT2D eigenvalue weighted by molar-refractivity contribution is -0.150. The zero-order chi connectivity index (χ0) is 19.9. The number of carbonyl (C=O) groups is 3. The van der Waals surface area contributed by atoms with Gasteiger partial charge in [0.15, 0.2) is 5.11 Å². The molecule has 28 heavy (non-hydrogen) atoms. The van der Waals surface area contributed by atoms with Crippen LogP contribution in [0.3, 0.4) is 0 Å². The standard InChI is InChI=1S/C19H23N3O5S/c23-16(27-12-14-7-4-10-26-14)11-15-18(25)20-8-9-22(15)19(28)21-17(24)13-5-2-1-3-6-13/h1-3,5-6,14-15H,4,7-12H2,(H,20,25)(H,21,24,28)/t14-,15+/m0/s1. The molecule has 1 aromatic rings. The lowest BCUT2D eigenvalue weighted by Crippen LogP contribution is -2.60. The van der Waals surface area contributed by atoms with Gasteiger partial charge in [0.1, 0.15) is 12.6 Å². The van der Waals surface area contributed by atoms with Crippen LogP contribution >= 0.6 is 12.2 Å². The van der Waals surface area contributed by atoms with Gasteiger partial charge in [-0.05, 0) is 37.2 Å². The number of amides is 2. The van der Waals surface area contributed by atoms with E-state index in [1.54, 1.807) is 29.2 Å². The summed E-state index contributed by atoms with van der Waals surface area (Å²) in [5.41, 5.74) is 0.457. The van der Waals surface area contributed by atoms with Gasteiger partial charge in [-0.1, -0.05) is 18.2 Å². The lowest BCUT2D eigenvalue weighted by Gasteiger charge is -2.36. The third kappa shape index (κ3) is 5.26. The van der Waals surface area contributed by atoms with Gasteiger partial charge in [0.25, 0.3) is 5.91 Å². The van der Waals surface area contributed by atoms with Gasteiger partial charge in [-0.25, -0.2) is 0 Å². The molecule has 3 rings (SSSR count). The van der Waals surface area contributed by atoms with Crippen LogP contribution in [0.4, 0.5) is 0 Å². The van der Waals surface area contributed by atoms with Gasteiger partial charge in [-0.2, -0.15) is 0 Å². The fourth-order valence-electron chi connectivity index (χ4n) is 3.17. The molecule has 0 spiro atoms. The third-order valence-corrected chi connectivity index (χ3v) is 5.00. The minimum Gasteiger partial charge on any atom is -0.463 e. The summed E-state index contributed by atoms with van der Waals surface area (Å²) in [5.74, 6) is -1.19. The van der Waals surface area contributed by atoms with E-state index >= 15 is 0 Å². The quantitative estimate of drug-likeness (QED) is 0.547. The molecule has 8 nitrogen and oxygen atoms in total. The van der Waals surface area contributed by atoms with E-state index in [1.165, 1.54) is 0 Å². The van der Waals surface area contributed by atoms with E-state index in [9.17, 15) is 14.4 Å². The fourth-order valence-corrected chi connectivity index (χ4v) is 3.48. The van der Waals surface area contributed by atoms with Gasteiger partial charge in [0.05, 0.1) is 12.5 Å². The normalized spacial score (nSPS) is 21.7. The number of hydrogen-bond donors (Lipinski definition) is 2. The summed E-state index contributed by atoms with van der Waals surface area (Å²) in [7, 11) is 0. The predicted octanol–water partition coefficient (Wildman–Crippen LogP) is 0.614. The molecule has 0 bridgehead atoms. The Morgan fingerprint density at radius 1 is 1.32 bits per heavy atom. The topological polar surface area (TPSA) is 97.0 Å². The molecule has 2 aliphatic heterocycles. The van der Waals surface area contributed by atoms with Crippen molar-refractivity contribution in [2.45, 2.75) is 31.4 Å². The van der Waals surface area contributed by atoms with Crippen molar-refractivity contribution in [3.8, 4) is 0 Å². The van der Waals surface area contributed by atoms with Crippen LogP contribution in [-0.2, 0) is 19.1 Å². The van der Waals surface area contributed by atoms with Crippen LogP contribution in [0.15, 0.2) is 30.3 Å². The molecule has 9 heteroatoms. The zero-order valence-electron chi connectivity index (χ0n) is 15.4. The molecule has 0 unspecified atom stereocenters. The number of nitrogens with one attached hydrogen (secondary N) is 2.